The molecule has 1 aromatic heterocycles. The van der Waals surface area contributed by atoms with Crippen LogP contribution in [0.15, 0.2) is 29.6 Å². The van der Waals surface area contributed by atoms with Crippen molar-refractivity contribution in [2.24, 2.45) is 0 Å². The lowest BCUT2D eigenvalue weighted by atomic mass is 10.1. The second kappa shape index (κ2) is 5.84. The molecule has 0 saturated carbocycles. The molecule has 0 spiro atoms. The fourth-order valence-corrected chi connectivity index (χ4v) is 2.50. The molecule has 1 N–H and O–H groups in total. The molecule has 1 aromatic carbocycles. The van der Waals surface area contributed by atoms with Gasteiger partial charge in [0.15, 0.2) is 0 Å². The van der Waals surface area contributed by atoms with E-state index in [2.05, 4.69) is 10.3 Å². The number of carbonyl (C=O) groups excluding carboxylic acids is 1. The van der Waals surface area contributed by atoms with E-state index < -0.39 is 0 Å². The summed E-state index contributed by atoms with van der Waals surface area (Å²) >= 11 is 1.56. The number of nitrogens with one attached hydrogen (secondary N) is 1. The zero-order valence-corrected chi connectivity index (χ0v) is 12.1. The second-order valence-corrected chi connectivity index (χ2v) is 5.42. The zero-order chi connectivity index (χ0) is 13.8. The molecule has 2 aromatic rings. The van der Waals surface area contributed by atoms with Crippen molar-refractivity contribution >= 4 is 22.9 Å². The molecule has 5 heteroatoms. The van der Waals surface area contributed by atoms with Gasteiger partial charge in [-0.05, 0) is 19.1 Å². The van der Waals surface area contributed by atoms with Crippen LogP contribution in [-0.2, 0) is 6.54 Å². The van der Waals surface area contributed by atoms with Gasteiger partial charge in [-0.25, -0.2) is 4.98 Å². The average molecular weight is 275 g/mol. The van der Waals surface area contributed by atoms with Crippen molar-refractivity contribution in [3.8, 4) is 0 Å². The number of para-hydroxylation sites is 1. The predicted octanol–water partition coefficient (Wildman–Crippen LogP) is 2.45. The number of carbonyl (C=O) groups is 1. The van der Waals surface area contributed by atoms with Gasteiger partial charge in [0.25, 0.3) is 5.91 Å². The summed E-state index contributed by atoms with van der Waals surface area (Å²) in [5.74, 6) is -0.0721. The van der Waals surface area contributed by atoms with Gasteiger partial charge >= 0.3 is 0 Å². The lowest BCUT2D eigenvalue weighted by Gasteiger charge is -2.16. The number of amides is 1. The molecule has 0 bridgehead atoms. The third-order valence-electron chi connectivity index (χ3n) is 2.70. The molecule has 0 radical (unpaired) electrons. The van der Waals surface area contributed by atoms with Crippen LogP contribution in [0.4, 0.5) is 5.69 Å². The maximum atomic E-state index is 12.2. The van der Waals surface area contributed by atoms with Gasteiger partial charge in [0.2, 0.25) is 0 Å². The van der Waals surface area contributed by atoms with Crippen LogP contribution in [0.1, 0.15) is 21.1 Å². The van der Waals surface area contributed by atoms with Crippen molar-refractivity contribution in [1.29, 1.82) is 0 Å². The molecule has 0 saturated heterocycles. The number of hydrogen-bond acceptors (Lipinski definition) is 4. The van der Waals surface area contributed by atoms with E-state index in [4.69, 9.17) is 0 Å². The highest BCUT2D eigenvalue weighted by Crippen LogP contribution is 2.18. The minimum Gasteiger partial charge on any atom is -0.377 e. The van der Waals surface area contributed by atoms with Gasteiger partial charge in [-0.15, -0.1) is 11.3 Å². The van der Waals surface area contributed by atoms with E-state index in [1.165, 1.54) is 0 Å². The van der Waals surface area contributed by atoms with Gasteiger partial charge in [-0.3, -0.25) is 4.79 Å². The van der Waals surface area contributed by atoms with Crippen molar-refractivity contribution < 1.29 is 4.79 Å². The summed E-state index contributed by atoms with van der Waals surface area (Å²) in [6.45, 7) is 2.42. The van der Waals surface area contributed by atoms with Gasteiger partial charge in [0, 0.05) is 30.9 Å². The van der Waals surface area contributed by atoms with Gasteiger partial charge in [0.1, 0.15) is 5.01 Å². The van der Waals surface area contributed by atoms with Gasteiger partial charge in [-0.2, -0.15) is 0 Å². The van der Waals surface area contributed by atoms with Crippen molar-refractivity contribution in [3.05, 3.63) is 45.9 Å². The van der Waals surface area contributed by atoms with Crippen LogP contribution in [0.3, 0.4) is 0 Å². The van der Waals surface area contributed by atoms with Gasteiger partial charge in [-0.1, -0.05) is 12.1 Å². The van der Waals surface area contributed by atoms with E-state index in [-0.39, 0.29) is 5.91 Å². The first-order valence-corrected chi connectivity index (χ1v) is 6.91. The predicted molar refractivity (Wildman–Crippen MR) is 78.8 cm³/mol. The molecular weight excluding hydrogens is 258 g/mol. The van der Waals surface area contributed by atoms with E-state index in [0.717, 1.165) is 16.4 Å². The first-order valence-electron chi connectivity index (χ1n) is 6.03. The quantitative estimate of drug-likeness (QED) is 0.932. The number of aryl methyl sites for hydroxylation is 1. The van der Waals surface area contributed by atoms with Crippen molar-refractivity contribution in [3.63, 3.8) is 0 Å². The second-order valence-electron chi connectivity index (χ2n) is 4.48. The van der Waals surface area contributed by atoms with E-state index in [1.54, 1.807) is 11.3 Å². The van der Waals surface area contributed by atoms with Gasteiger partial charge < -0.3 is 10.2 Å². The molecular formula is C14H17N3OS. The minimum absolute atomic E-state index is 0.0721. The first kappa shape index (κ1) is 13.5. The molecule has 0 unspecified atom stereocenters. The summed E-state index contributed by atoms with van der Waals surface area (Å²) in [7, 11) is 3.85. The smallest absolute Gasteiger partial charge is 0.253 e. The monoisotopic (exact) mass is 275 g/mol. The molecule has 100 valence electrons. The van der Waals surface area contributed by atoms with Crippen LogP contribution >= 0.6 is 11.3 Å². The Kier molecular flexibility index (Phi) is 4.16. The summed E-state index contributed by atoms with van der Waals surface area (Å²) in [6, 6.07) is 7.56. The molecule has 0 aliphatic rings. The Bertz CT molecular complexity index is 578. The highest BCUT2D eigenvalue weighted by Gasteiger charge is 2.12. The van der Waals surface area contributed by atoms with Crippen molar-refractivity contribution in [1.82, 2.24) is 10.3 Å². The Labute approximate surface area is 117 Å². The molecule has 0 atom stereocenters. The van der Waals surface area contributed by atoms with Crippen LogP contribution in [-0.4, -0.2) is 25.0 Å². The maximum absolute atomic E-state index is 12.2. The number of benzene rings is 1. The molecule has 0 aliphatic heterocycles. The summed E-state index contributed by atoms with van der Waals surface area (Å²) in [4.78, 5) is 18.4. The van der Waals surface area contributed by atoms with Crippen LogP contribution in [0.5, 0.6) is 0 Å². The molecule has 1 heterocycles. The Morgan fingerprint density at radius 2 is 2.11 bits per heavy atom. The topological polar surface area (TPSA) is 45.2 Å². The van der Waals surface area contributed by atoms with Crippen molar-refractivity contribution in [2.75, 3.05) is 19.0 Å². The largest absolute Gasteiger partial charge is 0.377 e. The normalized spacial score (nSPS) is 10.3. The minimum atomic E-state index is -0.0721. The Hall–Kier alpha value is -1.88. The summed E-state index contributed by atoms with van der Waals surface area (Å²) in [6.07, 6.45) is 0. The molecule has 0 fully saturated rings. The fourth-order valence-electron chi connectivity index (χ4n) is 1.79. The zero-order valence-electron chi connectivity index (χ0n) is 11.3. The fraction of sp³-hybridized carbons (Fsp3) is 0.286. The standard InChI is InChI=1S/C14H17N3OS/c1-10-9-19-13(16-10)8-15-14(18)11-6-4-5-7-12(11)17(2)3/h4-7,9H,8H2,1-3H3,(H,15,18). The van der Waals surface area contributed by atoms with Gasteiger partial charge in [0.05, 0.1) is 12.1 Å². The summed E-state index contributed by atoms with van der Waals surface area (Å²) in [5.41, 5.74) is 2.58. The molecule has 4 nitrogen and oxygen atoms in total. The van der Waals surface area contributed by atoms with E-state index in [1.807, 2.05) is 55.6 Å². The molecule has 19 heavy (non-hydrogen) atoms. The highest BCUT2D eigenvalue weighted by atomic mass is 32.1. The SMILES string of the molecule is Cc1csc(CNC(=O)c2ccccc2N(C)C)n1. The third-order valence-corrected chi connectivity index (χ3v) is 3.66. The Morgan fingerprint density at radius 1 is 1.37 bits per heavy atom. The highest BCUT2D eigenvalue weighted by molar-refractivity contribution is 7.09. The lowest BCUT2D eigenvalue weighted by Crippen LogP contribution is -2.25. The third kappa shape index (κ3) is 3.32. The lowest BCUT2D eigenvalue weighted by molar-refractivity contribution is 0.0951. The number of nitrogens with zero attached hydrogens (tertiary/aromatic N) is 2. The van der Waals surface area contributed by atoms with E-state index in [0.29, 0.717) is 12.1 Å². The summed E-state index contributed by atoms with van der Waals surface area (Å²) < 4.78 is 0. The number of hydrogen-bond donors (Lipinski definition) is 1. The van der Waals surface area contributed by atoms with Crippen LogP contribution in [0.25, 0.3) is 0 Å². The Morgan fingerprint density at radius 3 is 2.74 bits per heavy atom. The first-order chi connectivity index (χ1) is 9.08. The van der Waals surface area contributed by atoms with E-state index >= 15 is 0 Å². The van der Waals surface area contributed by atoms with Crippen molar-refractivity contribution in [2.45, 2.75) is 13.5 Å². The molecule has 0 aliphatic carbocycles. The van der Waals surface area contributed by atoms with Crippen LogP contribution in [0, 0.1) is 6.92 Å². The van der Waals surface area contributed by atoms with E-state index in [9.17, 15) is 4.79 Å². The summed E-state index contributed by atoms with van der Waals surface area (Å²) in [5, 5.41) is 5.81. The molecule has 1 amide bonds. The number of aromatic nitrogens is 1. The number of anilines is 1. The van der Waals surface area contributed by atoms with Crippen LogP contribution in [0.2, 0.25) is 0 Å². The number of rotatable bonds is 4. The Balaban J connectivity index is 2.08. The molecule has 2 rings (SSSR count). The number of thiazole rings is 1. The van der Waals surface area contributed by atoms with Crippen LogP contribution < -0.4 is 10.2 Å². The maximum Gasteiger partial charge on any atom is 0.253 e. The average Bonchev–Trinajstić information content (AvgIpc) is 2.81.